The number of nitrogens with zero attached hydrogens (tertiary/aromatic N) is 4. The predicted octanol–water partition coefficient (Wildman–Crippen LogP) is 6.25. The maximum atomic E-state index is 12.6. The number of benzene rings is 2. The molecule has 4 aromatic rings. The van der Waals surface area contributed by atoms with Gasteiger partial charge < -0.3 is 28.3 Å². The zero-order valence-corrected chi connectivity index (χ0v) is 26.8. The number of hydrogen-bond acceptors (Lipinski definition) is 9. The summed E-state index contributed by atoms with van der Waals surface area (Å²) in [5.41, 5.74) is 3.79. The molecule has 2 aromatic carbocycles. The first-order chi connectivity index (χ1) is 22.3. The van der Waals surface area contributed by atoms with Gasteiger partial charge in [0.05, 0.1) is 42.4 Å². The molecular weight excluding hydrogens is 608 g/mol. The Hall–Kier alpha value is -4.12. The van der Waals surface area contributed by atoms with Crippen molar-refractivity contribution in [2.45, 2.75) is 57.1 Å². The third-order valence-corrected chi connectivity index (χ3v) is 9.28. The van der Waals surface area contributed by atoms with Gasteiger partial charge in [0.1, 0.15) is 29.4 Å². The van der Waals surface area contributed by atoms with E-state index in [1.807, 2.05) is 31.2 Å². The molecular formula is C35H37ClN4O6. The van der Waals surface area contributed by atoms with Crippen molar-refractivity contribution >= 4 is 28.6 Å². The quantitative estimate of drug-likeness (QED) is 0.147. The van der Waals surface area contributed by atoms with E-state index < -0.39 is 11.8 Å². The summed E-state index contributed by atoms with van der Waals surface area (Å²) < 4.78 is 31.8. The molecule has 3 aliphatic heterocycles. The lowest BCUT2D eigenvalue weighted by Crippen LogP contribution is -2.35. The van der Waals surface area contributed by atoms with Crippen LogP contribution in [-0.2, 0) is 28.4 Å². The molecule has 240 valence electrons. The average molecular weight is 645 g/mol. The zero-order valence-electron chi connectivity index (χ0n) is 26.0. The minimum Gasteiger partial charge on any atom is -0.487 e. The van der Waals surface area contributed by atoms with Crippen LogP contribution in [0.1, 0.15) is 59.5 Å². The standard InChI is InChI=1S/C35H37ClN4O6/c1-4-15-44-29-18-23(34(41)42-3)17-27-32(29)38-31(40(27)20-25-12-16-43-25)21-39-13-10-22(11-14-39)26-6-5-7-28-33(26)46-35(2,45-28)30-9-8-24(36)19-37-30/h4-9,17-19,22,25H,1,10-16,20-21H2,2-3H3/t25?,35-/m0/s1. The molecule has 5 heterocycles. The highest BCUT2D eigenvalue weighted by Crippen LogP contribution is 2.49. The lowest BCUT2D eigenvalue weighted by molar-refractivity contribution is -0.0722. The van der Waals surface area contributed by atoms with Gasteiger partial charge in [-0.25, -0.2) is 9.78 Å². The number of rotatable bonds is 10. The molecule has 2 aromatic heterocycles. The van der Waals surface area contributed by atoms with E-state index in [4.69, 9.17) is 40.3 Å². The fourth-order valence-electron chi connectivity index (χ4n) is 6.51. The Labute approximate surface area is 272 Å². The zero-order chi connectivity index (χ0) is 31.8. The molecule has 0 N–H and O–H groups in total. The van der Waals surface area contributed by atoms with E-state index in [0.29, 0.717) is 53.2 Å². The number of carbonyl (C=O) groups excluding carboxylic acids is 1. The molecule has 0 bridgehead atoms. The first-order valence-corrected chi connectivity index (χ1v) is 16.0. The monoisotopic (exact) mass is 644 g/mol. The lowest BCUT2D eigenvalue weighted by Gasteiger charge is -2.33. The third kappa shape index (κ3) is 5.81. The topological polar surface area (TPSA) is 97.2 Å². The molecule has 1 unspecified atom stereocenters. The Balaban J connectivity index is 1.11. The number of para-hydroxylation sites is 1. The minimum atomic E-state index is -1.02. The number of fused-ring (bicyclic) bond motifs is 2. The highest BCUT2D eigenvalue weighted by atomic mass is 35.5. The minimum absolute atomic E-state index is 0.109. The second kappa shape index (κ2) is 12.6. The maximum absolute atomic E-state index is 12.6. The first-order valence-electron chi connectivity index (χ1n) is 15.7. The Morgan fingerprint density at radius 3 is 2.70 bits per heavy atom. The Morgan fingerprint density at radius 1 is 1.17 bits per heavy atom. The highest BCUT2D eigenvalue weighted by Gasteiger charge is 2.42. The number of halogens is 1. The number of piperidine rings is 1. The normalized spacial score (nSPS) is 21.2. The van der Waals surface area contributed by atoms with Crippen LogP contribution in [0.15, 0.2) is 61.3 Å². The van der Waals surface area contributed by atoms with Crippen LogP contribution in [0.25, 0.3) is 11.0 Å². The molecule has 46 heavy (non-hydrogen) atoms. The van der Waals surface area contributed by atoms with E-state index in [2.05, 4.69) is 27.1 Å². The van der Waals surface area contributed by atoms with Crippen LogP contribution < -0.4 is 14.2 Å². The summed E-state index contributed by atoms with van der Waals surface area (Å²) in [7, 11) is 1.38. The van der Waals surface area contributed by atoms with Gasteiger partial charge in [-0.2, -0.15) is 0 Å². The van der Waals surface area contributed by atoms with Gasteiger partial charge >= 0.3 is 5.97 Å². The van der Waals surface area contributed by atoms with Crippen molar-refractivity contribution in [3.8, 4) is 17.2 Å². The number of imidazole rings is 1. The highest BCUT2D eigenvalue weighted by molar-refractivity contribution is 6.30. The summed E-state index contributed by atoms with van der Waals surface area (Å²) >= 11 is 6.07. The van der Waals surface area contributed by atoms with Crippen molar-refractivity contribution in [2.24, 2.45) is 0 Å². The van der Waals surface area contributed by atoms with Gasteiger partial charge in [-0.3, -0.25) is 9.88 Å². The molecule has 2 saturated heterocycles. The number of esters is 1. The van der Waals surface area contributed by atoms with E-state index in [0.717, 1.165) is 67.4 Å². The Morgan fingerprint density at radius 2 is 2.00 bits per heavy atom. The molecule has 11 heteroatoms. The second-order valence-corrected chi connectivity index (χ2v) is 12.5. The van der Waals surface area contributed by atoms with Gasteiger partial charge in [0, 0.05) is 25.3 Å². The number of carbonyl (C=O) groups is 1. The Bertz CT molecular complexity index is 1760. The maximum Gasteiger partial charge on any atom is 0.338 e. The SMILES string of the molecule is C=CCOc1cc(C(=O)OC)cc2c1nc(CN1CCC(c3cccc4c3O[C@@](C)(c3ccc(Cl)cn3)O4)CC1)n2CC1CCO1. The van der Waals surface area contributed by atoms with Gasteiger partial charge in [-0.05, 0) is 68.6 Å². The summed E-state index contributed by atoms with van der Waals surface area (Å²) in [5.74, 6) is 1.84. The lowest BCUT2D eigenvalue weighted by atomic mass is 9.88. The smallest absolute Gasteiger partial charge is 0.338 e. The molecule has 2 fully saturated rings. The summed E-state index contributed by atoms with van der Waals surface area (Å²) in [4.78, 5) is 24.5. The van der Waals surface area contributed by atoms with Crippen molar-refractivity contribution in [1.82, 2.24) is 19.4 Å². The molecule has 0 amide bonds. The number of likely N-dealkylation sites (tertiary alicyclic amines) is 1. The molecule has 0 aliphatic carbocycles. The molecule has 2 atom stereocenters. The van der Waals surface area contributed by atoms with Crippen LogP contribution in [0.3, 0.4) is 0 Å². The van der Waals surface area contributed by atoms with Gasteiger partial charge in [0.25, 0.3) is 5.79 Å². The average Bonchev–Trinajstić information content (AvgIpc) is 3.58. The second-order valence-electron chi connectivity index (χ2n) is 12.1. The number of ether oxygens (including phenoxy) is 5. The van der Waals surface area contributed by atoms with Crippen molar-refractivity contribution in [1.29, 1.82) is 0 Å². The van der Waals surface area contributed by atoms with Crippen LogP contribution in [0.5, 0.6) is 17.2 Å². The van der Waals surface area contributed by atoms with E-state index >= 15 is 0 Å². The Kier molecular flexibility index (Phi) is 8.35. The summed E-state index contributed by atoms with van der Waals surface area (Å²) in [5, 5.41) is 0.565. The van der Waals surface area contributed by atoms with E-state index in [1.54, 1.807) is 24.4 Å². The molecule has 0 spiro atoms. The van der Waals surface area contributed by atoms with E-state index in [-0.39, 0.29) is 6.10 Å². The predicted molar refractivity (Wildman–Crippen MR) is 173 cm³/mol. The van der Waals surface area contributed by atoms with E-state index in [1.165, 1.54) is 7.11 Å². The van der Waals surface area contributed by atoms with Crippen molar-refractivity contribution in [3.63, 3.8) is 0 Å². The van der Waals surface area contributed by atoms with Crippen molar-refractivity contribution < 1.29 is 28.5 Å². The molecule has 7 rings (SSSR count). The van der Waals surface area contributed by atoms with Gasteiger partial charge in [-0.15, -0.1) is 0 Å². The van der Waals surface area contributed by atoms with Crippen molar-refractivity contribution in [3.05, 3.63) is 89.0 Å². The largest absolute Gasteiger partial charge is 0.487 e. The summed E-state index contributed by atoms with van der Waals surface area (Å²) in [6.07, 6.45) is 6.30. The summed E-state index contributed by atoms with van der Waals surface area (Å²) in [6.45, 7) is 9.82. The molecule has 0 radical (unpaired) electrons. The third-order valence-electron chi connectivity index (χ3n) is 9.05. The molecule has 3 aliphatic rings. The number of pyridine rings is 1. The van der Waals surface area contributed by atoms with Gasteiger partial charge in [0.15, 0.2) is 11.5 Å². The first kappa shape index (κ1) is 30.5. The molecule has 10 nitrogen and oxygen atoms in total. The fraction of sp³-hybridized carbons (Fsp3) is 0.400. The van der Waals surface area contributed by atoms with Crippen LogP contribution in [-0.4, -0.2) is 64.9 Å². The number of hydrogen-bond donors (Lipinski definition) is 0. The van der Waals surface area contributed by atoms with Gasteiger partial charge in [-0.1, -0.05) is 36.4 Å². The van der Waals surface area contributed by atoms with Crippen LogP contribution in [0.4, 0.5) is 0 Å². The fourth-order valence-corrected chi connectivity index (χ4v) is 6.62. The van der Waals surface area contributed by atoms with Crippen LogP contribution >= 0.6 is 11.6 Å². The molecule has 0 saturated carbocycles. The van der Waals surface area contributed by atoms with Crippen LogP contribution in [0.2, 0.25) is 5.02 Å². The van der Waals surface area contributed by atoms with E-state index in [9.17, 15) is 4.79 Å². The number of methoxy groups -OCH3 is 1. The van der Waals surface area contributed by atoms with Crippen LogP contribution in [0, 0.1) is 0 Å². The van der Waals surface area contributed by atoms with Gasteiger partial charge in [0.2, 0.25) is 0 Å². The van der Waals surface area contributed by atoms with Crippen molar-refractivity contribution in [2.75, 3.05) is 33.4 Å². The summed E-state index contributed by atoms with van der Waals surface area (Å²) in [6, 6.07) is 13.3. The number of aromatic nitrogens is 3.